The van der Waals surface area contributed by atoms with Crippen molar-refractivity contribution in [3.63, 3.8) is 0 Å². The summed E-state index contributed by atoms with van der Waals surface area (Å²) >= 11 is 5.87. The first-order chi connectivity index (χ1) is 12.9. The van der Waals surface area contributed by atoms with Crippen LogP contribution in [0.2, 0.25) is 5.02 Å². The number of rotatable bonds is 7. The van der Waals surface area contributed by atoms with Gasteiger partial charge in [0, 0.05) is 17.3 Å². The Morgan fingerprint density at radius 2 is 1.44 bits per heavy atom. The maximum atomic E-state index is 11.3. The second kappa shape index (κ2) is 8.43. The van der Waals surface area contributed by atoms with Crippen LogP contribution < -0.4 is 15.2 Å². The number of benzene rings is 3. The maximum absolute atomic E-state index is 11.3. The van der Waals surface area contributed by atoms with Gasteiger partial charge >= 0.3 is 0 Å². The van der Waals surface area contributed by atoms with E-state index in [2.05, 4.69) is 5.32 Å². The lowest BCUT2D eigenvalue weighted by Gasteiger charge is -2.09. The molecule has 0 fully saturated rings. The van der Waals surface area contributed by atoms with E-state index >= 15 is 0 Å². The molecule has 5 nitrogen and oxygen atoms in total. The van der Waals surface area contributed by atoms with Crippen molar-refractivity contribution < 1.29 is 13.2 Å². The van der Waals surface area contributed by atoms with Gasteiger partial charge < -0.3 is 10.1 Å². The number of hydrogen-bond donors (Lipinski definition) is 2. The summed E-state index contributed by atoms with van der Waals surface area (Å²) in [6, 6.07) is 21.6. The van der Waals surface area contributed by atoms with Gasteiger partial charge in [-0.1, -0.05) is 35.9 Å². The first-order valence-corrected chi connectivity index (χ1v) is 10.2. The Hall–Kier alpha value is -2.54. The number of ether oxygens (including phenoxy) is 1. The number of anilines is 1. The zero-order chi connectivity index (χ0) is 19.3. The molecule has 140 valence electrons. The molecule has 7 heteroatoms. The summed E-state index contributed by atoms with van der Waals surface area (Å²) < 4.78 is 28.3. The third kappa shape index (κ3) is 5.72. The molecule has 0 saturated heterocycles. The van der Waals surface area contributed by atoms with E-state index in [9.17, 15) is 8.42 Å². The van der Waals surface area contributed by atoms with Gasteiger partial charge in [-0.25, -0.2) is 13.6 Å². The highest BCUT2D eigenvalue weighted by Crippen LogP contribution is 2.17. The van der Waals surface area contributed by atoms with Crippen LogP contribution in [0.4, 0.5) is 5.69 Å². The van der Waals surface area contributed by atoms with E-state index in [0.717, 1.165) is 22.6 Å². The summed E-state index contributed by atoms with van der Waals surface area (Å²) in [5.74, 6) is 0.784. The highest BCUT2D eigenvalue weighted by Gasteiger charge is 2.06. The van der Waals surface area contributed by atoms with Gasteiger partial charge in [0.15, 0.2) is 0 Å². The summed E-state index contributed by atoms with van der Waals surface area (Å²) in [5.41, 5.74) is 2.93. The van der Waals surface area contributed by atoms with Gasteiger partial charge in [0.2, 0.25) is 10.0 Å². The van der Waals surface area contributed by atoms with Crippen molar-refractivity contribution in [1.29, 1.82) is 0 Å². The van der Waals surface area contributed by atoms with Crippen molar-refractivity contribution in [2.75, 3.05) is 5.32 Å². The van der Waals surface area contributed by atoms with Crippen LogP contribution in [0.5, 0.6) is 5.75 Å². The second-order valence-corrected chi connectivity index (χ2v) is 7.98. The zero-order valence-electron chi connectivity index (χ0n) is 14.4. The Balaban J connectivity index is 1.52. The lowest BCUT2D eigenvalue weighted by molar-refractivity contribution is 0.306. The molecule has 3 aromatic carbocycles. The molecule has 0 unspecified atom stereocenters. The third-order valence-corrected chi connectivity index (χ3v) is 5.10. The van der Waals surface area contributed by atoms with Crippen molar-refractivity contribution in [3.05, 3.63) is 88.9 Å². The molecule has 0 aromatic heterocycles. The molecular weight excluding hydrogens is 384 g/mol. The minimum Gasteiger partial charge on any atom is -0.489 e. The van der Waals surface area contributed by atoms with E-state index in [1.165, 1.54) is 12.1 Å². The zero-order valence-corrected chi connectivity index (χ0v) is 16.0. The molecule has 0 aliphatic heterocycles. The molecule has 27 heavy (non-hydrogen) atoms. The first kappa shape index (κ1) is 19.2. The summed E-state index contributed by atoms with van der Waals surface area (Å²) in [4.78, 5) is 0.0928. The second-order valence-electron chi connectivity index (χ2n) is 5.98. The molecule has 3 rings (SSSR count). The number of hydrogen-bond acceptors (Lipinski definition) is 4. The fourth-order valence-electron chi connectivity index (χ4n) is 2.42. The maximum Gasteiger partial charge on any atom is 0.238 e. The predicted molar refractivity (Wildman–Crippen MR) is 107 cm³/mol. The normalized spacial score (nSPS) is 11.2. The summed E-state index contributed by atoms with van der Waals surface area (Å²) in [5, 5.41) is 9.03. The van der Waals surface area contributed by atoms with Crippen LogP contribution in [-0.4, -0.2) is 8.42 Å². The van der Waals surface area contributed by atoms with Crippen LogP contribution in [0.15, 0.2) is 77.7 Å². The van der Waals surface area contributed by atoms with Crippen molar-refractivity contribution in [1.82, 2.24) is 0 Å². The SMILES string of the molecule is NS(=O)(=O)c1ccc(NCc2ccc(OCc3ccc(Cl)cc3)cc2)cc1. The standard InChI is InChI=1S/C20H19ClN2O3S/c21-17-5-1-16(2-6-17)14-26-19-9-3-15(4-10-19)13-23-18-7-11-20(12-8-18)27(22,24)25/h1-12,23H,13-14H2,(H2,22,24,25). The van der Waals surface area contributed by atoms with Crippen LogP contribution in [0, 0.1) is 0 Å². The van der Waals surface area contributed by atoms with Gasteiger partial charge in [0.1, 0.15) is 12.4 Å². The fourth-order valence-corrected chi connectivity index (χ4v) is 3.06. The van der Waals surface area contributed by atoms with E-state index in [-0.39, 0.29) is 4.90 Å². The van der Waals surface area contributed by atoms with Crippen LogP contribution in [-0.2, 0) is 23.2 Å². The number of nitrogens with one attached hydrogen (secondary N) is 1. The van der Waals surface area contributed by atoms with E-state index in [0.29, 0.717) is 18.2 Å². The van der Waals surface area contributed by atoms with E-state index < -0.39 is 10.0 Å². The van der Waals surface area contributed by atoms with Crippen molar-refractivity contribution in [2.24, 2.45) is 5.14 Å². The molecule has 0 saturated carbocycles. The molecule has 0 aliphatic rings. The van der Waals surface area contributed by atoms with E-state index in [1.807, 2.05) is 48.5 Å². The third-order valence-electron chi connectivity index (χ3n) is 3.92. The van der Waals surface area contributed by atoms with Gasteiger partial charge in [-0.05, 0) is 59.7 Å². The highest BCUT2D eigenvalue weighted by molar-refractivity contribution is 7.89. The number of nitrogens with two attached hydrogens (primary N) is 1. The number of halogens is 1. The Morgan fingerprint density at radius 1 is 0.852 bits per heavy atom. The van der Waals surface area contributed by atoms with Crippen LogP contribution >= 0.6 is 11.6 Å². The van der Waals surface area contributed by atoms with Crippen LogP contribution in [0.3, 0.4) is 0 Å². The monoisotopic (exact) mass is 402 g/mol. The van der Waals surface area contributed by atoms with Gasteiger partial charge in [-0.3, -0.25) is 0 Å². The van der Waals surface area contributed by atoms with Gasteiger partial charge in [-0.2, -0.15) is 0 Å². The van der Waals surface area contributed by atoms with Crippen molar-refractivity contribution >= 4 is 27.3 Å². The van der Waals surface area contributed by atoms with Crippen molar-refractivity contribution in [2.45, 2.75) is 18.0 Å². The molecular formula is C20H19ClN2O3S. The molecule has 0 atom stereocenters. The topological polar surface area (TPSA) is 81.4 Å². The van der Waals surface area contributed by atoms with Gasteiger partial charge in [0.05, 0.1) is 4.90 Å². The smallest absolute Gasteiger partial charge is 0.238 e. The lowest BCUT2D eigenvalue weighted by atomic mass is 10.2. The summed E-state index contributed by atoms with van der Waals surface area (Å²) in [7, 11) is -3.67. The molecule has 3 N–H and O–H groups in total. The van der Waals surface area contributed by atoms with Gasteiger partial charge in [0.25, 0.3) is 0 Å². The Labute approximate surface area is 163 Å². The number of primary sulfonamides is 1. The fraction of sp³-hybridized carbons (Fsp3) is 0.100. The van der Waals surface area contributed by atoms with E-state index in [1.54, 1.807) is 12.1 Å². The average Bonchev–Trinajstić information content (AvgIpc) is 2.66. The Morgan fingerprint density at radius 3 is 2.04 bits per heavy atom. The molecule has 0 heterocycles. The van der Waals surface area contributed by atoms with Gasteiger partial charge in [-0.15, -0.1) is 0 Å². The molecule has 0 spiro atoms. The minimum absolute atomic E-state index is 0.0928. The largest absolute Gasteiger partial charge is 0.489 e. The minimum atomic E-state index is -3.67. The predicted octanol–water partition coefficient (Wildman–Crippen LogP) is 4.18. The van der Waals surface area contributed by atoms with Crippen LogP contribution in [0.1, 0.15) is 11.1 Å². The first-order valence-electron chi connectivity index (χ1n) is 8.23. The van der Waals surface area contributed by atoms with Crippen LogP contribution in [0.25, 0.3) is 0 Å². The lowest BCUT2D eigenvalue weighted by Crippen LogP contribution is -2.12. The Kier molecular flexibility index (Phi) is 6.01. The highest BCUT2D eigenvalue weighted by atomic mass is 35.5. The molecule has 0 radical (unpaired) electrons. The molecule has 0 bridgehead atoms. The van der Waals surface area contributed by atoms with Crippen molar-refractivity contribution in [3.8, 4) is 5.75 Å². The molecule has 0 aliphatic carbocycles. The average molecular weight is 403 g/mol. The number of sulfonamides is 1. The summed E-state index contributed by atoms with van der Waals surface area (Å²) in [6.07, 6.45) is 0. The molecule has 3 aromatic rings. The quantitative estimate of drug-likeness (QED) is 0.621. The Bertz CT molecular complexity index is 987. The summed E-state index contributed by atoms with van der Waals surface area (Å²) in [6.45, 7) is 1.08. The molecule has 0 amide bonds. The van der Waals surface area contributed by atoms with E-state index in [4.69, 9.17) is 21.5 Å².